The monoisotopic (exact) mass is 266 g/mol. The van der Waals surface area contributed by atoms with Gasteiger partial charge < -0.3 is 11.1 Å². The standard InChI is InChI=1S/C14H22N2OS/c1-5-14(3,4)16-13(17)9-18-12-8-11(15)7-6-10(12)2/h6-8H,5,9,15H2,1-4H3,(H,16,17). The number of aryl methyl sites for hydroxylation is 1. The molecule has 0 aromatic heterocycles. The van der Waals surface area contributed by atoms with Crippen LogP contribution in [0, 0.1) is 6.92 Å². The van der Waals surface area contributed by atoms with Crippen LogP contribution >= 0.6 is 11.8 Å². The second-order valence-corrected chi connectivity index (χ2v) is 6.12. The number of benzene rings is 1. The van der Waals surface area contributed by atoms with Gasteiger partial charge in [0.2, 0.25) is 5.91 Å². The van der Waals surface area contributed by atoms with E-state index in [1.807, 2.05) is 39.0 Å². The first kappa shape index (κ1) is 14.9. The quantitative estimate of drug-likeness (QED) is 0.636. The van der Waals surface area contributed by atoms with E-state index in [1.54, 1.807) is 0 Å². The second-order valence-electron chi connectivity index (χ2n) is 5.10. The van der Waals surface area contributed by atoms with E-state index < -0.39 is 0 Å². The molecule has 0 spiro atoms. The summed E-state index contributed by atoms with van der Waals surface area (Å²) in [7, 11) is 0. The zero-order valence-electron chi connectivity index (χ0n) is 11.5. The van der Waals surface area contributed by atoms with Gasteiger partial charge in [0.05, 0.1) is 5.75 Å². The molecule has 1 aromatic carbocycles. The molecule has 0 unspecified atom stereocenters. The maximum atomic E-state index is 11.8. The molecule has 0 atom stereocenters. The van der Waals surface area contributed by atoms with Crippen LogP contribution in [0.3, 0.4) is 0 Å². The minimum atomic E-state index is -0.137. The average Bonchev–Trinajstić information content (AvgIpc) is 2.30. The Morgan fingerprint density at radius 1 is 1.44 bits per heavy atom. The van der Waals surface area contributed by atoms with Crippen molar-refractivity contribution in [3.8, 4) is 0 Å². The van der Waals surface area contributed by atoms with Gasteiger partial charge in [-0.1, -0.05) is 13.0 Å². The summed E-state index contributed by atoms with van der Waals surface area (Å²) >= 11 is 1.53. The van der Waals surface area contributed by atoms with E-state index >= 15 is 0 Å². The molecule has 3 nitrogen and oxygen atoms in total. The van der Waals surface area contributed by atoms with E-state index in [9.17, 15) is 4.79 Å². The first-order valence-corrected chi connectivity index (χ1v) is 7.12. The van der Waals surface area contributed by atoms with Crippen molar-refractivity contribution in [3.63, 3.8) is 0 Å². The van der Waals surface area contributed by atoms with Gasteiger partial charge in [-0.3, -0.25) is 4.79 Å². The third-order valence-electron chi connectivity index (χ3n) is 2.93. The summed E-state index contributed by atoms with van der Waals surface area (Å²) in [6, 6.07) is 5.77. The van der Waals surface area contributed by atoms with Crippen LogP contribution in [0.15, 0.2) is 23.1 Å². The highest BCUT2D eigenvalue weighted by molar-refractivity contribution is 8.00. The smallest absolute Gasteiger partial charge is 0.230 e. The predicted octanol–water partition coefficient (Wildman–Crippen LogP) is 2.97. The van der Waals surface area contributed by atoms with Gasteiger partial charge in [-0.25, -0.2) is 0 Å². The molecule has 0 saturated heterocycles. The third-order valence-corrected chi connectivity index (χ3v) is 4.09. The van der Waals surface area contributed by atoms with E-state index in [0.29, 0.717) is 5.75 Å². The zero-order valence-corrected chi connectivity index (χ0v) is 12.4. The molecular weight excluding hydrogens is 244 g/mol. The Kier molecular flexibility index (Phi) is 5.08. The van der Waals surface area contributed by atoms with Gasteiger partial charge in [0.15, 0.2) is 0 Å². The Hall–Kier alpha value is -1.16. The molecule has 0 bridgehead atoms. The Morgan fingerprint density at radius 2 is 2.11 bits per heavy atom. The number of nitrogens with one attached hydrogen (secondary N) is 1. The first-order valence-electron chi connectivity index (χ1n) is 6.14. The minimum Gasteiger partial charge on any atom is -0.399 e. The average molecular weight is 266 g/mol. The molecule has 0 fully saturated rings. The molecule has 0 aliphatic rings. The van der Waals surface area contributed by atoms with E-state index in [1.165, 1.54) is 11.8 Å². The van der Waals surface area contributed by atoms with Gasteiger partial charge >= 0.3 is 0 Å². The third kappa shape index (κ3) is 4.61. The Morgan fingerprint density at radius 3 is 2.72 bits per heavy atom. The second kappa shape index (κ2) is 6.14. The van der Waals surface area contributed by atoms with Gasteiger partial charge in [-0.15, -0.1) is 11.8 Å². The topological polar surface area (TPSA) is 55.1 Å². The van der Waals surface area contributed by atoms with Crippen LogP contribution < -0.4 is 11.1 Å². The molecule has 1 rings (SSSR count). The van der Waals surface area contributed by atoms with E-state index in [0.717, 1.165) is 22.6 Å². The molecule has 0 aliphatic carbocycles. The van der Waals surface area contributed by atoms with E-state index in [2.05, 4.69) is 12.2 Å². The first-order chi connectivity index (χ1) is 8.34. The van der Waals surface area contributed by atoms with Crippen LogP contribution in [-0.2, 0) is 4.79 Å². The van der Waals surface area contributed by atoms with Gasteiger partial charge in [-0.05, 0) is 44.9 Å². The summed E-state index contributed by atoms with van der Waals surface area (Å²) in [5.41, 5.74) is 7.49. The van der Waals surface area contributed by atoms with Crippen LogP contribution in [0.25, 0.3) is 0 Å². The predicted molar refractivity (Wildman–Crippen MR) is 78.8 cm³/mol. The summed E-state index contributed by atoms with van der Waals surface area (Å²) in [4.78, 5) is 12.9. The number of thioether (sulfide) groups is 1. The molecule has 0 aliphatic heterocycles. The van der Waals surface area contributed by atoms with Crippen molar-refractivity contribution < 1.29 is 4.79 Å². The van der Waals surface area contributed by atoms with Crippen molar-refractivity contribution in [2.45, 2.75) is 44.6 Å². The molecule has 3 N–H and O–H groups in total. The molecule has 1 amide bonds. The van der Waals surface area contributed by atoms with Gasteiger partial charge in [0.25, 0.3) is 0 Å². The summed E-state index contributed by atoms with van der Waals surface area (Å²) < 4.78 is 0. The molecule has 0 saturated carbocycles. The Balaban J connectivity index is 2.55. The largest absolute Gasteiger partial charge is 0.399 e. The van der Waals surface area contributed by atoms with Crippen molar-refractivity contribution in [1.29, 1.82) is 0 Å². The maximum Gasteiger partial charge on any atom is 0.230 e. The Labute approximate surface area is 114 Å². The van der Waals surface area contributed by atoms with Crippen LogP contribution in [0.1, 0.15) is 32.8 Å². The van der Waals surface area contributed by atoms with Crippen LogP contribution in [0.5, 0.6) is 0 Å². The number of amides is 1. The zero-order chi connectivity index (χ0) is 13.8. The van der Waals surface area contributed by atoms with Crippen LogP contribution in [0.2, 0.25) is 0 Å². The van der Waals surface area contributed by atoms with Crippen LogP contribution in [-0.4, -0.2) is 17.2 Å². The van der Waals surface area contributed by atoms with Gasteiger partial charge in [0.1, 0.15) is 0 Å². The number of hydrogen-bond acceptors (Lipinski definition) is 3. The van der Waals surface area contributed by atoms with E-state index in [-0.39, 0.29) is 11.4 Å². The SMILES string of the molecule is CCC(C)(C)NC(=O)CSc1cc(N)ccc1C. The highest BCUT2D eigenvalue weighted by Gasteiger charge is 2.17. The molecular formula is C14H22N2OS. The molecule has 18 heavy (non-hydrogen) atoms. The molecule has 1 aromatic rings. The molecule has 100 valence electrons. The summed E-state index contributed by atoms with van der Waals surface area (Å²) in [5, 5.41) is 3.02. The van der Waals surface area contributed by atoms with E-state index in [4.69, 9.17) is 5.73 Å². The lowest BCUT2D eigenvalue weighted by Crippen LogP contribution is -2.43. The molecule has 0 heterocycles. The lowest BCUT2D eigenvalue weighted by atomic mass is 10.0. The number of carbonyl (C=O) groups is 1. The number of hydrogen-bond donors (Lipinski definition) is 2. The number of anilines is 1. The highest BCUT2D eigenvalue weighted by Crippen LogP contribution is 2.24. The minimum absolute atomic E-state index is 0.0636. The molecule has 0 radical (unpaired) electrons. The Bertz CT molecular complexity index is 430. The lowest BCUT2D eigenvalue weighted by Gasteiger charge is -2.24. The van der Waals surface area contributed by atoms with Crippen molar-refractivity contribution in [1.82, 2.24) is 5.32 Å². The fourth-order valence-electron chi connectivity index (χ4n) is 1.42. The maximum absolute atomic E-state index is 11.8. The van der Waals surface area contributed by atoms with Crippen molar-refractivity contribution in [2.75, 3.05) is 11.5 Å². The number of rotatable bonds is 5. The normalized spacial score (nSPS) is 11.3. The van der Waals surface area contributed by atoms with Gasteiger partial charge in [0, 0.05) is 16.1 Å². The van der Waals surface area contributed by atoms with Crippen molar-refractivity contribution in [3.05, 3.63) is 23.8 Å². The molecule has 4 heteroatoms. The summed E-state index contributed by atoms with van der Waals surface area (Å²) in [6.45, 7) is 8.15. The van der Waals surface area contributed by atoms with Crippen molar-refractivity contribution >= 4 is 23.4 Å². The number of nitrogens with two attached hydrogens (primary N) is 1. The summed E-state index contributed by atoms with van der Waals surface area (Å²) in [6.07, 6.45) is 0.917. The van der Waals surface area contributed by atoms with Crippen molar-refractivity contribution in [2.24, 2.45) is 0 Å². The number of carbonyl (C=O) groups excluding carboxylic acids is 1. The number of nitrogen functional groups attached to an aromatic ring is 1. The van der Waals surface area contributed by atoms with Crippen LogP contribution in [0.4, 0.5) is 5.69 Å². The fourth-order valence-corrected chi connectivity index (χ4v) is 2.29. The highest BCUT2D eigenvalue weighted by atomic mass is 32.2. The summed E-state index contributed by atoms with van der Waals surface area (Å²) in [5.74, 6) is 0.488. The fraction of sp³-hybridized carbons (Fsp3) is 0.500. The van der Waals surface area contributed by atoms with Gasteiger partial charge in [-0.2, -0.15) is 0 Å². The lowest BCUT2D eigenvalue weighted by molar-refractivity contribution is -0.120.